The first-order chi connectivity index (χ1) is 16.9. The predicted molar refractivity (Wildman–Crippen MR) is 135 cm³/mol. The quantitative estimate of drug-likeness (QED) is 0.595. The third-order valence-corrected chi connectivity index (χ3v) is 8.86. The van der Waals surface area contributed by atoms with E-state index in [2.05, 4.69) is 5.32 Å². The maximum absolute atomic E-state index is 13.2. The highest BCUT2D eigenvalue weighted by Crippen LogP contribution is 2.26. The van der Waals surface area contributed by atoms with Crippen LogP contribution in [-0.4, -0.2) is 62.2 Å². The summed E-state index contributed by atoms with van der Waals surface area (Å²) in [5.41, 5.74) is 2.88. The Labute approximate surface area is 205 Å². The minimum atomic E-state index is -3.60. The monoisotopic (exact) mass is 491 g/mol. The van der Waals surface area contributed by atoms with Crippen molar-refractivity contribution in [3.63, 3.8) is 0 Å². The zero-order chi connectivity index (χ0) is 24.4. The summed E-state index contributed by atoms with van der Waals surface area (Å²) in [7, 11) is -3.60. The number of nitrogens with one attached hydrogen (secondary N) is 1. The summed E-state index contributed by atoms with van der Waals surface area (Å²) >= 11 is 0. The second-order valence-electron chi connectivity index (χ2n) is 9.17. The van der Waals surface area contributed by atoms with Crippen LogP contribution in [0.4, 0.5) is 0 Å². The van der Waals surface area contributed by atoms with Crippen molar-refractivity contribution in [2.75, 3.05) is 32.7 Å². The third-order valence-electron chi connectivity index (χ3n) is 6.96. The first-order valence-corrected chi connectivity index (χ1v) is 13.5. The maximum atomic E-state index is 13.2. The standard InChI is InChI=1S/C27H29N3O4S/c31-26(19-28-27(32)24-10-9-20-5-1-3-7-22(20)17-24)29-13-15-30(16-14-29)35(33,34)25-12-11-21-6-2-4-8-23(21)18-25/h1,3,5,7,9-12,17-18H,2,4,6,8,13-16,19H2,(H,28,32). The van der Waals surface area contributed by atoms with Crippen LogP contribution in [0.3, 0.4) is 0 Å². The first kappa shape index (κ1) is 23.5. The number of piperazine rings is 1. The molecular weight excluding hydrogens is 462 g/mol. The Morgan fingerprint density at radius 2 is 1.51 bits per heavy atom. The molecule has 3 aromatic rings. The van der Waals surface area contributed by atoms with Gasteiger partial charge in [0.25, 0.3) is 5.91 Å². The molecule has 0 bridgehead atoms. The summed E-state index contributed by atoms with van der Waals surface area (Å²) in [5.74, 6) is -0.525. The van der Waals surface area contributed by atoms with Crippen LogP contribution < -0.4 is 5.32 Å². The van der Waals surface area contributed by atoms with Crippen molar-refractivity contribution in [2.45, 2.75) is 30.6 Å². The van der Waals surface area contributed by atoms with Crippen molar-refractivity contribution in [1.29, 1.82) is 0 Å². The lowest BCUT2D eigenvalue weighted by Gasteiger charge is -2.34. The molecule has 1 aliphatic carbocycles. The third kappa shape index (κ3) is 4.94. The molecule has 182 valence electrons. The normalized spacial score (nSPS) is 16.6. The van der Waals surface area contributed by atoms with E-state index >= 15 is 0 Å². The van der Waals surface area contributed by atoms with Gasteiger partial charge in [0.2, 0.25) is 15.9 Å². The number of aryl methyl sites for hydroxylation is 2. The molecule has 1 aliphatic heterocycles. The van der Waals surface area contributed by atoms with Gasteiger partial charge >= 0.3 is 0 Å². The molecule has 7 nitrogen and oxygen atoms in total. The minimum absolute atomic E-state index is 0.122. The molecule has 0 radical (unpaired) electrons. The molecule has 1 heterocycles. The van der Waals surface area contributed by atoms with Crippen LogP contribution in [0.25, 0.3) is 10.8 Å². The summed E-state index contributed by atoms with van der Waals surface area (Å²) < 4.78 is 27.8. The molecule has 0 atom stereocenters. The molecule has 1 saturated heterocycles. The van der Waals surface area contributed by atoms with E-state index in [9.17, 15) is 18.0 Å². The van der Waals surface area contributed by atoms with Gasteiger partial charge in [-0.1, -0.05) is 36.4 Å². The Kier molecular flexibility index (Phi) is 6.58. The fraction of sp³-hybridized carbons (Fsp3) is 0.333. The fourth-order valence-corrected chi connectivity index (χ4v) is 6.37. The highest BCUT2D eigenvalue weighted by Gasteiger charge is 2.30. The number of nitrogens with zero attached hydrogens (tertiary/aromatic N) is 2. The van der Waals surface area contributed by atoms with Gasteiger partial charge in [-0.2, -0.15) is 4.31 Å². The van der Waals surface area contributed by atoms with Crippen molar-refractivity contribution < 1.29 is 18.0 Å². The topological polar surface area (TPSA) is 86.8 Å². The number of fused-ring (bicyclic) bond motifs is 2. The Hall–Kier alpha value is -3.23. The molecule has 0 saturated carbocycles. The summed E-state index contributed by atoms with van der Waals surface area (Å²) in [5, 5.41) is 4.70. The van der Waals surface area contributed by atoms with Gasteiger partial charge in [-0.3, -0.25) is 9.59 Å². The summed E-state index contributed by atoms with van der Waals surface area (Å²) in [4.78, 5) is 27.2. The highest BCUT2D eigenvalue weighted by molar-refractivity contribution is 7.89. The molecule has 2 amide bonds. The molecule has 0 spiro atoms. The molecular formula is C27H29N3O4S. The van der Waals surface area contributed by atoms with E-state index < -0.39 is 10.0 Å². The van der Waals surface area contributed by atoms with E-state index in [0.29, 0.717) is 23.5 Å². The molecule has 0 unspecified atom stereocenters. The smallest absolute Gasteiger partial charge is 0.251 e. The average Bonchev–Trinajstić information content (AvgIpc) is 2.91. The van der Waals surface area contributed by atoms with Gasteiger partial charge < -0.3 is 10.2 Å². The van der Waals surface area contributed by atoms with Crippen molar-refractivity contribution in [2.24, 2.45) is 0 Å². The lowest BCUT2D eigenvalue weighted by atomic mass is 9.92. The Bertz CT molecular complexity index is 1380. The van der Waals surface area contributed by atoms with E-state index in [0.717, 1.165) is 42.0 Å². The molecule has 8 heteroatoms. The van der Waals surface area contributed by atoms with E-state index in [1.807, 2.05) is 42.5 Å². The number of hydrogen-bond donors (Lipinski definition) is 1. The molecule has 35 heavy (non-hydrogen) atoms. The number of benzene rings is 3. The van der Waals surface area contributed by atoms with Crippen LogP contribution >= 0.6 is 0 Å². The van der Waals surface area contributed by atoms with Crippen LogP contribution in [0, 0.1) is 0 Å². The van der Waals surface area contributed by atoms with E-state index in [1.165, 1.54) is 9.87 Å². The second kappa shape index (κ2) is 9.79. The Morgan fingerprint density at radius 1 is 0.800 bits per heavy atom. The van der Waals surface area contributed by atoms with Gasteiger partial charge in [0.05, 0.1) is 11.4 Å². The van der Waals surface area contributed by atoms with Gasteiger partial charge in [-0.15, -0.1) is 0 Å². The predicted octanol–water partition coefficient (Wildman–Crippen LogP) is 2.98. The van der Waals surface area contributed by atoms with Crippen molar-refractivity contribution in [3.05, 3.63) is 77.4 Å². The van der Waals surface area contributed by atoms with E-state index in [-0.39, 0.29) is 31.4 Å². The molecule has 0 aromatic heterocycles. The van der Waals surface area contributed by atoms with Crippen LogP contribution in [0.1, 0.15) is 34.3 Å². The molecule has 3 aromatic carbocycles. The summed E-state index contributed by atoms with van der Waals surface area (Å²) in [6.45, 7) is 0.959. The largest absolute Gasteiger partial charge is 0.343 e. The average molecular weight is 492 g/mol. The van der Waals surface area contributed by atoms with Gasteiger partial charge in [0, 0.05) is 31.7 Å². The number of rotatable bonds is 5. The van der Waals surface area contributed by atoms with Gasteiger partial charge in [0.1, 0.15) is 0 Å². The van der Waals surface area contributed by atoms with Crippen molar-refractivity contribution in [1.82, 2.24) is 14.5 Å². The number of sulfonamides is 1. The van der Waals surface area contributed by atoms with Crippen molar-refractivity contribution in [3.8, 4) is 0 Å². The second-order valence-corrected chi connectivity index (χ2v) is 11.1. The molecule has 5 rings (SSSR count). The highest BCUT2D eigenvalue weighted by atomic mass is 32.2. The first-order valence-electron chi connectivity index (χ1n) is 12.1. The molecule has 1 fully saturated rings. The molecule has 2 aliphatic rings. The fourth-order valence-electron chi connectivity index (χ4n) is 4.90. The lowest BCUT2D eigenvalue weighted by molar-refractivity contribution is -0.131. The minimum Gasteiger partial charge on any atom is -0.343 e. The van der Waals surface area contributed by atoms with Crippen LogP contribution in [-0.2, 0) is 27.7 Å². The SMILES string of the molecule is O=C(NCC(=O)N1CCN(S(=O)(=O)c2ccc3c(c2)CCCC3)CC1)c1ccc2ccccc2c1. The zero-order valence-corrected chi connectivity index (χ0v) is 20.4. The Balaban J connectivity index is 1.16. The number of amides is 2. The number of carbonyl (C=O) groups is 2. The van der Waals surface area contributed by atoms with Crippen molar-refractivity contribution >= 4 is 32.6 Å². The van der Waals surface area contributed by atoms with Crippen LogP contribution in [0.5, 0.6) is 0 Å². The number of hydrogen-bond acceptors (Lipinski definition) is 4. The van der Waals surface area contributed by atoms with Gasteiger partial charge in [-0.25, -0.2) is 8.42 Å². The lowest BCUT2D eigenvalue weighted by Crippen LogP contribution is -2.52. The Morgan fingerprint density at radius 3 is 2.29 bits per heavy atom. The van der Waals surface area contributed by atoms with E-state index in [4.69, 9.17) is 0 Å². The van der Waals surface area contributed by atoms with Crippen LogP contribution in [0.15, 0.2) is 65.6 Å². The van der Waals surface area contributed by atoms with Gasteiger partial charge in [0.15, 0.2) is 0 Å². The number of carbonyl (C=O) groups excluding carboxylic acids is 2. The van der Waals surface area contributed by atoms with Crippen LogP contribution in [0.2, 0.25) is 0 Å². The zero-order valence-electron chi connectivity index (χ0n) is 19.6. The maximum Gasteiger partial charge on any atom is 0.251 e. The summed E-state index contributed by atoms with van der Waals surface area (Å²) in [6.07, 6.45) is 4.17. The summed E-state index contributed by atoms with van der Waals surface area (Å²) in [6, 6.07) is 18.7. The van der Waals surface area contributed by atoms with E-state index in [1.54, 1.807) is 23.1 Å². The van der Waals surface area contributed by atoms with Gasteiger partial charge in [-0.05, 0) is 71.8 Å². The molecule has 1 N–H and O–H groups in total.